The fourth-order valence-electron chi connectivity index (χ4n) is 4.78. The Morgan fingerprint density at radius 3 is 2.48 bits per heavy atom. The third-order valence-corrected chi connectivity index (χ3v) is 6.56. The van der Waals surface area contributed by atoms with Crippen LogP contribution in [-0.2, 0) is 9.53 Å². The molecule has 0 spiro atoms. The van der Waals surface area contributed by atoms with Crippen LogP contribution in [0.15, 0.2) is 48.5 Å². The van der Waals surface area contributed by atoms with E-state index >= 15 is 0 Å². The summed E-state index contributed by atoms with van der Waals surface area (Å²) in [5, 5.41) is 5.71. The number of anilines is 2. The maximum Gasteiger partial charge on any atom is 0.414 e. The van der Waals surface area contributed by atoms with Gasteiger partial charge in [-0.2, -0.15) is 0 Å². The van der Waals surface area contributed by atoms with Gasteiger partial charge in [-0.05, 0) is 30.3 Å². The zero-order valence-corrected chi connectivity index (χ0v) is 18.2. The molecule has 1 saturated carbocycles. The van der Waals surface area contributed by atoms with Crippen LogP contribution in [-0.4, -0.2) is 56.2 Å². The number of amides is 3. The highest BCUT2D eigenvalue weighted by Gasteiger charge is 2.56. The SMILES string of the molecule is CC(=O)NC[C@H]1CN(c2ccc(N3C[C@@H]4C(NC(=O)c5ccccc5)[C@@H]4C3)c(F)c2)C(=O)O1. The van der Waals surface area contributed by atoms with E-state index in [2.05, 4.69) is 10.6 Å². The van der Waals surface area contributed by atoms with Crippen LogP contribution in [0.5, 0.6) is 0 Å². The molecule has 172 valence electrons. The maximum absolute atomic E-state index is 15.0. The summed E-state index contributed by atoms with van der Waals surface area (Å²) in [5.74, 6) is -0.0757. The normalized spacial score (nSPS) is 25.5. The Kier molecular flexibility index (Phi) is 5.39. The quantitative estimate of drug-likeness (QED) is 0.701. The van der Waals surface area contributed by atoms with E-state index in [0.717, 1.165) is 0 Å². The van der Waals surface area contributed by atoms with Crippen molar-refractivity contribution in [3.63, 3.8) is 0 Å². The van der Waals surface area contributed by atoms with E-state index < -0.39 is 18.0 Å². The first-order valence-electron chi connectivity index (χ1n) is 11.0. The second-order valence-corrected chi connectivity index (χ2v) is 8.79. The molecule has 2 aliphatic heterocycles. The second kappa shape index (κ2) is 8.38. The predicted molar refractivity (Wildman–Crippen MR) is 120 cm³/mol. The van der Waals surface area contributed by atoms with Crippen molar-refractivity contribution in [3.05, 3.63) is 59.9 Å². The smallest absolute Gasteiger partial charge is 0.414 e. The number of hydrogen-bond donors (Lipinski definition) is 2. The first-order chi connectivity index (χ1) is 15.9. The van der Waals surface area contributed by atoms with Crippen LogP contribution in [0.1, 0.15) is 17.3 Å². The van der Waals surface area contributed by atoms with Crippen molar-refractivity contribution in [2.75, 3.05) is 36.0 Å². The Hall–Kier alpha value is -3.62. The highest BCUT2D eigenvalue weighted by molar-refractivity contribution is 5.94. The van der Waals surface area contributed by atoms with E-state index in [9.17, 15) is 18.8 Å². The number of nitrogens with zero attached hydrogens (tertiary/aromatic N) is 2. The summed E-state index contributed by atoms with van der Waals surface area (Å²) in [7, 11) is 0. The zero-order chi connectivity index (χ0) is 23.1. The number of carbonyl (C=O) groups excluding carboxylic acids is 3. The van der Waals surface area contributed by atoms with E-state index in [-0.39, 0.29) is 30.9 Å². The number of ether oxygens (including phenoxy) is 1. The lowest BCUT2D eigenvalue weighted by atomic mass is 10.2. The second-order valence-electron chi connectivity index (χ2n) is 8.79. The Bertz CT molecular complexity index is 1080. The minimum absolute atomic E-state index is 0.0774. The van der Waals surface area contributed by atoms with E-state index in [1.807, 2.05) is 23.1 Å². The summed E-state index contributed by atoms with van der Waals surface area (Å²) in [6.45, 7) is 3.20. The largest absolute Gasteiger partial charge is 0.442 e. The lowest BCUT2D eigenvalue weighted by molar-refractivity contribution is -0.119. The van der Waals surface area contributed by atoms with Crippen LogP contribution < -0.4 is 20.4 Å². The number of halogens is 1. The van der Waals surface area contributed by atoms with Crippen molar-refractivity contribution in [1.29, 1.82) is 0 Å². The molecule has 8 nitrogen and oxygen atoms in total. The van der Waals surface area contributed by atoms with Gasteiger partial charge < -0.3 is 20.3 Å². The number of hydrogen-bond acceptors (Lipinski definition) is 5. The molecule has 3 amide bonds. The van der Waals surface area contributed by atoms with Gasteiger partial charge in [0.15, 0.2) is 0 Å². The maximum atomic E-state index is 15.0. The van der Waals surface area contributed by atoms with Crippen LogP contribution in [0.4, 0.5) is 20.6 Å². The summed E-state index contributed by atoms with van der Waals surface area (Å²) in [4.78, 5) is 39.0. The number of rotatable bonds is 6. The topological polar surface area (TPSA) is 91.0 Å². The third kappa shape index (κ3) is 4.22. The van der Waals surface area contributed by atoms with Gasteiger partial charge in [-0.15, -0.1) is 0 Å². The Labute approximate surface area is 190 Å². The Balaban J connectivity index is 1.18. The minimum atomic E-state index is -0.558. The Morgan fingerprint density at radius 1 is 1.09 bits per heavy atom. The fourth-order valence-corrected chi connectivity index (χ4v) is 4.78. The zero-order valence-electron chi connectivity index (χ0n) is 18.2. The van der Waals surface area contributed by atoms with Gasteiger partial charge in [0.1, 0.15) is 11.9 Å². The molecule has 2 N–H and O–H groups in total. The average Bonchev–Trinajstić information content (AvgIpc) is 3.13. The predicted octanol–water partition coefficient (Wildman–Crippen LogP) is 2.15. The average molecular weight is 452 g/mol. The van der Waals surface area contributed by atoms with Crippen molar-refractivity contribution in [3.8, 4) is 0 Å². The van der Waals surface area contributed by atoms with Gasteiger partial charge in [-0.3, -0.25) is 14.5 Å². The molecule has 0 aromatic heterocycles. The molecule has 2 heterocycles. The van der Waals surface area contributed by atoms with Crippen molar-refractivity contribution in [1.82, 2.24) is 10.6 Å². The van der Waals surface area contributed by atoms with Crippen molar-refractivity contribution in [2.45, 2.75) is 19.1 Å². The molecule has 3 fully saturated rings. The lowest BCUT2D eigenvalue weighted by Gasteiger charge is -2.24. The molecule has 1 aliphatic carbocycles. The molecule has 3 aliphatic rings. The first-order valence-corrected chi connectivity index (χ1v) is 11.0. The molecule has 1 unspecified atom stereocenters. The van der Waals surface area contributed by atoms with Gasteiger partial charge in [0, 0.05) is 43.5 Å². The van der Waals surface area contributed by atoms with Crippen LogP contribution >= 0.6 is 0 Å². The molecule has 2 aromatic rings. The number of benzene rings is 2. The van der Waals surface area contributed by atoms with Gasteiger partial charge in [-0.25, -0.2) is 9.18 Å². The third-order valence-electron chi connectivity index (χ3n) is 6.56. The van der Waals surface area contributed by atoms with Crippen molar-refractivity contribution >= 4 is 29.3 Å². The summed E-state index contributed by atoms with van der Waals surface area (Å²) in [6, 6.07) is 14.0. The van der Waals surface area contributed by atoms with Gasteiger partial charge in [0.25, 0.3) is 5.91 Å². The lowest BCUT2D eigenvalue weighted by Crippen LogP contribution is -2.35. The van der Waals surface area contributed by atoms with E-state index in [4.69, 9.17) is 4.74 Å². The first kappa shape index (κ1) is 21.2. The number of piperidine rings is 1. The van der Waals surface area contributed by atoms with Gasteiger partial charge in [0.05, 0.1) is 24.5 Å². The fraction of sp³-hybridized carbons (Fsp3) is 0.375. The molecule has 0 bridgehead atoms. The van der Waals surface area contributed by atoms with Crippen LogP contribution in [0.2, 0.25) is 0 Å². The molecule has 0 radical (unpaired) electrons. The molecular weight excluding hydrogens is 427 g/mol. The molecular formula is C24H25FN4O4. The summed E-state index contributed by atoms with van der Waals surface area (Å²) >= 11 is 0. The molecule has 5 rings (SSSR count). The van der Waals surface area contributed by atoms with Crippen LogP contribution in [0, 0.1) is 17.7 Å². The van der Waals surface area contributed by atoms with Gasteiger partial charge in [0.2, 0.25) is 5.91 Å². The van der Waals surface area contributed by atoms with Gasteiger partial charge in [-0.1, -0.05) is 18.2 Å². The monoisotopic (exact) mass is 452 g/mol. The van der Waals surface area contributed by atoms with Gasteiger partial charge >= 0.3 is 6.09 Å². The Morgan fingerprint density at radius 2 is 1.82 bits per heavy atom. The van der Waals surface area contributed by atoms with E-state index in [0.29, 0.717) is 41.9 Å². The summed E-state index contributed by atoms with van der Waals surface area (Å²) in [6.07, 6.45) is -1.03. The van der Waals surface area contributed by atoms with E-state index in [1.54, 1.807) is 24.3 Å². The number of nitrogens with one attached hydrogen (secondary N) is 2. The van der Waals surface area contributed by atoms with Crippen molar-refractivity contribution in [2.24, 2.45) is 11.8 Å². The summed E-state index contributed by atoms with van der Waals surface area (Å²) in [5.41, 5.74) is 1.55. The van der Waals surface area contributed by atoms with Crippen LogP contribution in [0.25, 0.3) is 0 Å². The minimum Gasteiger partial charge on any atom is -0.442 e. The molecule has 2 saturated heterocycles. The molecule has 33 heavy (non-hydrogen) atoms. The molecule has 4 atom stereocenters. The number of cyclic esters (lactones) is 1. The highest BCUT2D eigenvalue weighted by atomic mass is 19.1. The van der Waals surface area contributed by atoms with E-state index in [1.165, 1.54) is 17.9 Å². The summed E-state index contributed by atoms with van der Waals surface area (Å²) < 4.78 is 20.2. The molecule has 2 aromatic carbocycles. The number of carbonyl (C=O) groups is 3. The van der Waals surface area contributed by atoms with Crippen molar-refractivity contribution < 1.29 is 23.5 Å². The highest BCUT2D eigenvalue weighted by Crippen LogP contribution is 2.47. The number of fused-ring (bicyclic) bond motifs is 1. The van der Waals surface area contributed by atoms with Crippen LogP contribution in [0.3, 0.4) is 0 Å². The standard InChI is InChI=1S/C24H25FN4O4/c1-14(30)26-10-17-11-29(24(32)33-17)16-7-8-21(20(25)9-16)28-12-18-19(13-28)22(18)27-23(31)15-5-3-2-4-6-15/h2-9,17-19,22H,10-13H2,1H3,(H,26,30)(H,27,31)/t17-,18-,19+,22?/m0/s1. The molecule has 9 heteroatoms.